The lowest BCUT2D eigenvalue weighted by atomic mass is 9.92. The number of hydrogen-bond donors (Lipinski definition) is 3. The first kappa shape index (κ1) is 19.0. The van der Waals surface area contributed by atoms with Crippen LogP contribution in [-0.4, -0.2) is 34.3 Å². The number of amides is 1. The molecule has 2 aromatic carbocycles. The second kappa shape index (κ2) is 9.22. The van der Waals surface area contributed by atoms with Crippen LogP contribution < -0.4 is 5.32 Å². The van der Waals surface area contributed by atoms with Crippen LogP contribution in [0.15, 0.2) is 60.7 Å². The number of carbonyl (C=O) groups is 3. The van der Waals surface area contributed by atoms with Gasteiger partial charge in [-0.05, 0) is 17.5 Å². The summed E-state index contributed by atoms with van der Waals surface area (Å²) in [7, 11) is 0. The van der Waals surface area contributed by atoms with Gasteiger partial charge in [-0.25, -0.2) is 9.59 Å². The molecule has 0 fully saturated rings. The molecule has 2 rings (SSSR count). The Kier molecular flexibility index (Phi) is 6.73. The molecule has 0 spiro atoms. The molecule has 2 aromatic rings. The van der Waals surface area contributed by atoms with E-state index in [-0.39, 0.29) is 13.0 Å². The minimum Gasteiger partial charge on any atom is -0.481 e. The molecule has 0 aromatic heterocycles. The number of alkyl carbamates (subject to hydrolysis) is 1. The molecule has 2 atom stereocenters. The number of hydrogen-bond acceptors (Lipinski definition) is 4. The Hall–Kier alpha value is -3.35. The highest BCUT2D eigenvalue weighted by atomic mass is 16.5. The minimum atomic E-state index is -1.61. The summed E-state index contributed by atoms with van der Waals surface area (Å²) in [6, 6.07) is 15.9. The van der Waals surface area contributed by atoms with Gasteiger partial charge in [-0.3, -0.25) is 4.79 Å². The summed E-state index contributed by atoms with van der Waals surface area (Å²) in [4.78, 5) is 35.0. The molecule has 0 heterocycles. The highest BCUT2D eigenvalue weighted by molar-refractivity contribution is 5.86. The van der Waals surface area contributed by atoms with Crippen LogP contribution >= 0.6 is 0 Å². The third-order valence-corrected chi connectivity index (χ3v) is 3.77. The van der Waals surface area contributed by atoms with Gasteiger partial charge in [-0.1, -0.05) is 60.7 Å². The van der Waals surface area contributed by atoms with Gasteiger partial charge in [-0.2, -0.15) is 0 Å². The largest absolute Gasteiger partial charge is 0.481 e. The summed E-state index contributed by atoms with van der Waals surface area (Å²) < 4.78 is 4.98. The first-order valence-corrected chi connectivity index (χ1v) is 7.94. The molecular formula is C19H19NO6. The van der Waals surface area contributed by atoms with Crippen molar-refractivity contribution < 1.29 is 29.3 Å². The molecule has 0 unspecified atom stereocenters. The van der Waals surface area contributed by atoms with Crippen molar-refractivity contribution in [1.29, 1.82) is 0 Å². The number of benzene rings is 2. The summed E-state index contributed by atoms with van der Waals surface area (Å²) in [5.74, 6) is -4.09. The Balaban J connectivity index is 2.03. The zero-order valence-corrected chi connectivity index (χ0v) is 13.9. The van der Waals surface area contributed by atoms with E-state index in [2.05, 4.69) is 5.32 Å². The molecule has 1 amide bonds. The molecule has 0 aliphatic carbocycles. The maximum absolute atomic E-state index is 11.9. The number of aliphatic carboxylic acids is 2. The number of ether oxygens (including phenoxy) is 1. The fraction of sp³-hybridized carbons (Fsp3) is 0.211. The van der Waals surface area contributed by atoms with E-state index in [1.54, 1.807) is 54.6 Å². The van der Waals surface area contributed by atoms with Crippen molar-refractivity contribution in [2.24, 2.45) is 5.92 Å². The zero-order valence-electron chi connectivity index (χ0n) is 13.9. The van der Waals surface area contributed by atoms with Crippen molar-refractivity contribution in [1.82, 2.24) is 5.32 Å². The summed E-state index contributed by atoms with van der Waals surface area (Å²) in [5.41, 5.74) is 1.39. The highest BCUT2D eigenvalue weighted by Crippen LogP contribution is 2.14. The van der Waals surface area contributed by atoms with Crippen LogP contribution in [0, 0.1) is 5.92 Å². The van der Waals surface area contributed by atoms with Crippen molar-refractivity contribution in [2.45, 2.75) is 19.1 Å². The Morgan fingerprint density at radius 3 is 1.88 bits per heavy atom. The molecule has 0 saturated carbocycles. The standard InChI is InChI=1S/C19H19NO6/c21-17(22)15(11-13-7-3-1-4-8-13)16(18(23)24)20-19(25)26-12-14-9-5-2-6-10-14/h1-10,15-16H,11-12H2,(H,20,25)(H,21,22)(H,23,24)/t15-,16-/m0/s1. The smallest absolute Gasteiger partial charge is 0.408 e. The van der Waals surface area contributed by atoms with Crippen LogP contribution in [0.2, 0.25) is 0 Å². The van der Waals surface area contributed by atoms with Crippen LogP contribution in [0.3, 0.4) is 0 Å². The molecule has 136 valence electrons. The summed E-state index contributed by atoms with van der Waals surface area (Å²) >= 11 is 0. The van der Waals surface area contributed by atoms with Gasteiger partial charge in [0.15, 0.2) is 0 Å². The van der Waals surface area contributed by atoms with Crippen molar-refractivity contribution in [2.75, 3.05) is 0 Å². The lowest BCUT2D eigenvalue weighted by Gasteiger charge is -2.21. The van der Waals surface area contributed by atoms with Crippen LogP contribution in [0.4, 0.5) is 4.79 Å². The molecule has 7 heteroatoms. The highest BCUT2D eigenvalue weighted by Gasteiger charge is 2.35. The Bertz CT molecular complexity index is 747. The summed E-state index contributed by atoms with van der Waals surface area (Å²) in [6.07, 6.45) is -1.02. The number of carboxylic acid groups (broad SMARTS) is 2. The van der Waals surface area contributed by atoms with Gasteiger partial charge >= 0.3 is 18.0 Å². The van der Waals surface area contributed by atoms with Gasteiger partial charge in [0, 0.05) is 0 Å². The van der Waals surface area contributed by atoms with Crippen molar-refractivity contribution in [3.05, 3.63) is 71.8 Å². The molecule has 0 saturated heterocycles. The van der Waals surface area contributed by atoms with Gasteiger partial charge in [0.25, 0.3) is 0 Å². The third kappa shape index (κ3) is 5.62. The van der Waals surface area contributed by atoms with Crippen LogP contribution in [0.1, 0.15) is 11.1 Å². The van der Waals surface area contributed by atoms with E-state index in [1.807, 2.05) is 6.07 Å². The molecule has 0 aliphatic heterocycles. The Labute approximate surface area is 150 Å². The molecule has 0 radical (unpaired) electrons. The van der Waals surface area contributed by atoms with E-state index in [1.165, 1.54) is 0 Å². The van der Waals surface area contributed by atoms with E-state index in [9.17, 15) is 24.6 Å². The predicted molar refractivity (Wildman–Crippen MR) is 92.5 cm³/mol. The number of nitrogens with one attached hydrogen (secondary N) is 1. The quantitative estimate of drug-likeness (QED) is 0.668. The number of carbonyl (C=O) groups excluding carboxylic acids is 1. The fourth-order valence-corrected chi connectivity index (χ4v) is 2.44. The normalized spacial score (nSPS) is 12.6. The van der Waals surface area contributed by atoms with E-state index in [4.69, 9.17) is 4.74 Å². The Morgan fingerprint density at radius 1 is 0.846 bits per heavy atom. The van der Waals surface area contributed by atoms with Crippen LogP contribution in [0.5, 0.6) is 0 Å². The molecule has 26 heavy (non-hydrogen) atoms. The number of rotatable bonds is 8. The minimum absolute atomic E-state index is 0.0356. The third-order valence-electron chi connectivity index (χ3n) is 3.77. The first-order valence-electron chi connectivity index (χ1n) is 7.94. The van der Waals surface area contributed by atoms with E-state index in [0.29, 0.717) is 5.56 Å². The van der Waals surface area contributed by atoms with Gasteiger partial charge in [0.1, 0.15) is 12.6 Å². The maximum Gasteiger partial charge on any atom is 0.408 e. The second-order valence-electron chi connectivity index (χ2n) is 5.66. The van der Waals surface area contributed by atoms with Gasteiger partial charge < -0.3 is 20.3 Å². The molecule has 0 bridgehead atoms. The fourth-order valence-electron chi connectivity index (χ4n) is 2.44. The topological polar surface area (TPSA) is 113 Å². The molecule has 0 aliphatic rings. The second-order valence-corrected chi connectivity index (χ2v) is 5.66. The number of carboxylic acids is 2. The van der Waals surface area contributed by atoms with Crippen molar-refractivity contribution >= 4 is 18.0 Å². The zero-order chi connectivity index (χ0) is 18.9. The molecule has 7 nitrogen and oxygen atoms in total. The van der Waals surface area contributed by atoms with Gasteiger partial charge in [0.05, 0.1) is 5.92 Å². The molecular weight excluding hydrogens is 338 g/mol. The average molecular weight is 357 g/mol. The monoisotopic (exact) mass is 357 g/mol. The average Bonchev–Trinajstić information content (AvgIpc) is 2.64. The Morgan fingerprint density at radius 2 is 1.38 bits per heavy atom. The lowest BCUT2D eigenvalue weighted by Crippen LogP contribution is -2.49. The first-order chi connectivity index (χ1) is 12.5. The summed E-state index contributed by atoms with van der Waals surface area (Å²) in [6.45, 7) is -0.0462. The van der Waals surface area contributed by atoms with E-state index < -0.39 is 30.0 Å². The van der Waals surface area contributed by atoms with Crippen LogP contribution in [0.25, 0.3) is 0 Å². The SMILES string of the molecule is O=C(N[C@H](C(=O)O)[C@H](Cc1ccccc1)C(=O)O)OCc1ccccc1. The maximum atomic E-state index is 11.9. The van der Waals surface area contributed by atoms with E-state index in [0.717, 1.165) is 5.56 Å². The van der Waals surface area contributed by atoms with E-state index >= 15 is 0 Å². The predicted octanol–water partition coefficient (Wildman–Crippen LogP) is 2.31. The summed E-state index contributed by atoms with van der Waals surface area (Å²) in [5, 5.41) is 20.9. The van der Waals surface area contributed by atoms with Gasteiger partial charge in [0.2, 0.25) is 0 Å². The van der Waals surface area contributed by atoms with Crippen molar-refractivity contribution in [3.63, 3.8) is 0 Å². The van der Waals surface area contributed by atoms with Crippen LogP contribution in [-0.2, 0) is 27.4 Å². The van der Waals surface area contributed by atoms with Crippen molar-refractivity contribution in [3.8, 4) is 0 Å². The van der Waals surface area contributed by atoms with Gasteiger partial charge in [-0.15, -0.1) is 0 Å². The molecule has 3 N–H and O–H groups in total. The lowest BCUT2D eigenvalue weighted by molar-refractivity contribution is -0.150.